The van der Waals surface area contributed by atoms with Crippen LogP contribution >= 0.6 is 0 Å². The molecule has 4 heteroatoms. The lowest BCUT2D eigenvalue weighted by Gasteiger charge is -2.28. The summed E-state index contributed by atoms with van der Waals surface area (Å²) in [5.74, 6) is -0.163. The summed E-state index contributed by atoms with van der Waals surface area (Å²) in [4.78, 5) is 0. The molecule has 1 rings (SSSR count). The third-order valence-corrected chi connectivity index (χ3v) is 1.99. The number of rotatable bonds is 1. The molecule has 0 radical (unpaired) electrons. The van der Waals surface area contributed by atoms with E-state index in [4.69, 9.17) is 10.2 Å². The molecule has 10 heavy (non-hydrogen) atoms. The molecule has 4 nitrogen and oxygen atoms in total. The van der Waals surface area contributed by atoms with E-state index in [0.717, 1.165) is 0 Å². The van der Waals surface area contributed by atoms with Crippen LogP contribution in [0.1, 0.15) is 0 Å². The van der Waals surface area contributed by atoms with E-state index < -0.39 is 12.2 Å². The molecule has 0 amide bonds. The monoisotopic (exact) mass is 148 g/mol. The van der Waals surface area contributed by atoms with Crippen molar-refractivity contribution in [2.24, 2.45) is 5.92 Å². The summed E-state index contributed by atoms with van der Waals surface area (Å²) in [7, 11) is 0. The van der Waals surface area contributed by atoms with Crippen LogP contribution in [0.4, 0.5) is 0 Å². The van der Waals surface area contributed by atoms with Gasteiger partial charge in [-0.3, -0.25) is 0 Å². The largest absolute Gasteiger partial charge is 0.396 e. The van der Waals surface area contributed by atoms with Crippen LogP contribution in [0, 0.1) is 5.92 Å². The van der Waals surface area contributed by atoms with Crippen molar-refractivity contribution >= 4 is 0 Å². The summed E-state index contributed by atoms with van der Waals surface area (Å²) in [5, 5.41) is 28.9. The Morgan fingerprint density at radius 3 is 2.50 bits per heavy atom. The fourth-order valence-corrected chi connectivity index (χ4v) is 1.26. The molecule has 1 aliphatic heterocycles. The van der Waals surface area contributed by atoms with Crippen LogP contribution in [0.2, 0.25) is 0 Å². The third kappa shape index (κ3) is 1.46. The smallest absolute Gasteiger partial charge is 0.129 e. The molecule has 1 unspecified atom stereocenters. The third-order valence-electron chi connectivity index (χ3n) is 1.99. The summed E-state index contributed by atoms with van der Waals surface area (Å²) in [6, 6.07) is 0. The SMILES string of the molecule is OCC1C[NH2+]C[C@@H](O)[C@H]1O. The van der Waals surface area contributed by atoms with Crippen molar-refractivity contribution in [2.75, 3.05) is 19.7 Å². The van der Waals surface area contributed by atoms with Gasteiger partial charge in [-0.25, -0.2) is 0 Å². The lowest BCUT2D eigenvalue weighted by Crippen LogP contribution is -2.92. The van der Waals surface area contributed by atoms with Crippen LogP contribution in [0.15, 0.2) is 0 Å². The highest BCUT2D eigenvalue weighted by Gasteiger charge is 2.32. The molecule has 0 bridgehead atoms. The lowest BCUT2D eigenvalue weighted by molar-refractivity contribution is -0.680. The van der Waals surface area contributed by atoms with Gasteiger partial charge in [0.2, 0.25) is 0 Å². The number of hydrogen-bond acceptors (Lipinski definition) is 3. The maximum absolute atomic E-state index is 9.21. The summed E-state index contributed by atoms with van der Waals surface area (Å²) >= 11 is 0. The van der Waals surface area contributed by atoms with Gasteiger partial charge >= 0.3 is 0 Å². The minimum Gasteiger partial charge on any atom is -0.396 e. The van der Waals surface area contributed by atoms with Gasteiger partial charge in [-0.05, 0) is 0 Å². The second kappa shape index (κ2) is 3.30. The molecule has 1 heterocycles. The van der Waals surface area contributed by atoms with Gasteiger partial charge in [0.05, 0.1) is 25.2 Å². The highest BCUT2D eigenvalue weighted by atomic mass is 16.3. The second-order valence-corrected chi connectivity index (χ2v) is 2.76. The van der Waals surface area contributed by atoms with E-state index in [1.54, 1.807) is 0 Å². The number of aliphatic hydroxyl groups excluding tert-OH is 3. The Hall–Kier alpha value is -0.160. The van der Waals surface area contributed by atoms with Crippen LogP contribution in [0.5, 0.6) is 0 Å². The van der Waals surface area contributed by atoms with Crippen molar-refractivity contribution in [3.63, 3.8) is 0 Å². The highest BCUT2D eigenvalue weighted by Crippen LogP contribution is 2.06. The van der Waals surface area contributed by atoms with E-state index in [1.165, 1.54) is 0 Å². The second-order valence-electron chi connectivity index (χ2n) is 2.76. The van der Waals surface area contributed by atoms with Crippen LogP contribution in [0.25, 0.3) is 0 Å². The van der Waals surface area contributed by atoms with Crippen molar-refractivity contribution < 1.29 is 20.6 Å². The maximum Gasteiger partial charge on any atom is 0.129 e. The zero-order valence-electron chi connectivity index (χ0n) is 5.77. The first-order chi connectivity index (χ1) is 4.75. The van der Waals surface area contributed by atoms with Gasteiger partial charge in [0.15, 0.2) is 0 Å². The molecule has 0 aromatic rings. The number of nitrogens with two attached hydrogens (primary N) is 1. The van der Waals surface area contributed by atoms with Crippen LogP contribution < -0.4 is 5.32 Å². The fraction of sp³-hybridized carbons (Fsp3) is 1.00. The minimum absolute atomic E-state index is 0.0469. The zero-order chi connectivity index (χ0) is 7.56. The number of aliphatic hydroxyl groups is 3. The first-order valence-corrected chi connectivity index (χ1v) is 3.54. The maximum atomic E-state index is 9.21. The van der Waals surface area contributed by atoms with Crippen LogP contribution in [-0.2, 0) is 0 Å². The van der Waals surface area contributed by atoms with Crippen molar-refractivity contribution in [3.8, 4) is 0 Å². The van der Waals surface area contributed by atoms with Gasteiger partial charge in [0.25, 0.3) is 0 Å². The van der Waals surface area contributed by atoms with Crippen LogP contribution in [0.3, 0.4) is 0 Å². The summed E-state index contributed by atoms with van der Waals surface area (Å²) in [6.07, 6.45) is -1.42. The van der Waals surface area contributed by atoms with Gasteiger partial charge < -0.3 is 20.6 Å². The van der Waals surface area contributed by atoms with E-state index in [0.29, 0.717) is 13.1 Å². The normalized spacial score (nSPS) is 41.7. The Morgan fingerprint density at radius 2 is 2.00 bits per heavy atom. The Balaban J connectivity index is 2.42. The average molecular weight is 148 g/mol. The summed E-state index contributed by atoms with van der Waals surface area (Å²) in [5.41, 5.74) is 0. The molecule has 0 spiro atoms. The zero-order valence-corrected chi connectivity index (χ0v) is 5.77. The summed E-state index contributed by atoms with van der Waals surface area (Å²) < 4.78 is 0. The molecule has 0 saturated carbocycles. The van der Waals surface area contributed by atoms with Gasteiger partial charge in [-0.15, -0.1) is 0 Å². The predicted octanol–water partition coefficient (Wildman–Crippen LogP) is -3.11. The van der Waals surface area contributed by atoms with E-state index in [2.05, 4.69) is 0 Å². The number of hydrogen-bond donors (Lipinski definition) is 4. The molecule has 1 fully saturated rings. The number of quaternary nitrogens is 1. The van der Waals surface area contributed by atoms with Gasteiger partial charge in [-0.2, -0.15) is 0 Å². The minimum atomic E-state index is -0.741. The van der Waals surface area contributed by atoms with Gasteiger partial charge in [0, 0.05) is 0 Å². The van der Waals surface area contributed by atoms with Crippen LogP contribution in [-0.4, -0.2) is 47.2 Å². The molecular formula is C6H14NO3+. The fourth-order valence-electron chi connectivity index (χ4n) is 1.26. The molecule has 0 aliphatic carbocycles. The molecule has 1 aliphatic rings. The average Bonchev–Trinajstić information content (AvgIpc) is 1.95. The van der Waals surface area contributed by atoms with Crippen molar-refractivity contribution in [3.05, 3.63) is 0 Å². The Bertz CT molecular complexity index is 109. The predicted molar refractivity (Wildman–Crippen MR) is 34.2 cm³/mol. The van der Waals surface area contributed by atoms with Crippen molar-refractivity contribution in [2.45, 2.75) is 12.2 Å². The summed E-state index contributed by atoms with van der Waals surface area (Å²) in [6.45, 7) is 1.20. The Kier molecular flexibility index (Phi) is 2.62. The molecular weight excluding hydrogens is 134 g/mol. The molecule has 3 atom stereocenters. The Labute approximate surface area is 59.5 Å². The van der Waals surface area contributed by atoms with E-state index in [1.807, 2.05) is 5.32 Å². The number of piperidine rings is 1. The topological polar surface area (TPSA) is 77.3 Å². The van der Waals surface area contributed by atoms with Crippen molar-refractivity contribution in [1.82, 2.24) is 0 Å². The Morgan fingerprint density at radius 1 is 1.30 bits per heavy atom. The van der Waals surface area contributed by atoms with Gasteiger partial charge in [-0.1, -0.05) is 0 Å². The quantitative estimate of drug-likeness (QED) is 0.318. The van der Waals surface area contributed by atoms with Crippen molar-refractivity contribution in [1.29, 1.82) is 0 Å². The highest BCUT2D eigenvalue weighted by molar-refractivity contribution is 4.76. The molecule has 1 saturated heterocycles. The first-order valence-electron chi connectivity index (χ1n) is 3.54. The molecule has 0 aromatic carbocycles. The molecule has 60 valence electrons. The first kappa shape index (κ1) is 7.94. The standard InChI is InChI=1S/C6H13NO3/c8-3-4-1-7-2-5(9)6(4)10/h4-10H,1-3H2/p+1/t4?,5-,6+/m1/s1. The van der Waals surface area contributed by atoms with Gasteiger partial charge in [0.1, 0.15) is 12.6 Å². The molecule has 0 aromatic heterocycles. The van der Waals surface area contributed by atoms with E-state index >= 15 is 0 Å². The molecule has 5 N–H and O–H groups in total. The van der Waals surface area contributed by atoms with E-state index in [-0.39, 0.29) is 12.5 Å². The lowest BCUT2D eigenvalue weighted by atomic mass is 9.95. The van der Waals surface area contributed by atoms with E-state index in [9.17, 15) is 5.11 Å².